The number of aliphatic carboxylic acids is 1. The minimum absolute atomic E-state index is 0.254. The standard InChI is InChI=1S/C13H22N2O4/c1-19-9-7-11(12(16)17)15-13(18)14-8-6-10-4-2-3-5-10/h4,11H,2-3,5-9H2,1H3,(H,16,17)(H2,14,15,18). The van der Waals surface area contributed by atoms with Crippen LogP contribution in [0.2, 0.25) is 0 Å². The highest BCUT2D eigenvalue weighted by molar-refractivity contribution is 5.82. The van der Waals surface area contributed by atoms with E-state index < -0.39 is 18.0 Å². The van der Waals surface area contributed by atoms with Gasteiger partial charge in [0.2, 0.25) is 0 Å². The smallest absolute Gasteiger partial charge is 0.326 e. The predicted molar refractivity (Wildman–Crippen MR) is 71.0 cm³/mol. The van der Waals surface area contributed by atoms with Crippen LogP contribution in [-0.4, -0.2) is 43.4 Å². The third-order valence-electron chi connectivity index (χ3n) is 3.08. The van der Waals surface area contributed by atoms with Gasteiger partial charge in [-0.05, 0) is 25.7 Å². The molecule has 0 fully saturated rings. The van der Waals surface area contributed by atoms with E-state index >= 15 is 0 Å². The van der Waals surface area contributed by atoms with Gasteiger partial charge >= 0.3 is 12.0 Å². The monoisotopic (exact) mass is 270 g/mol. The largest absolute Gasteiger partial charge is 0.480 e. The molecule has 1 atom stereocenters. The lowest BCUT2D eigenvalue weighted by Crippen LogP contribution is -2.46. The molecule has 0 spiro atoms. The SMILES string of the molecule is COCCC(NC(=O)NCCC1=CCCC1)C(=O)O. The normalized spacial score (nSPS) is 15.7. The van der Waals surface area contributed by atoms with Gasteiger partial charge in [-0.2, -0.15) is 0 Å². The highest BCUT2D eigenvalue weighted by Crippen LogP contribution is 2.19. The van der Waals surface area contributed by atoms with Gasteiger partial charge in [0.1, 0.15) is 6.04 Å². The molecule has 0 heterocycles. The van der Waals surface area contributed by atoms with Crippen LogP contribution in [0.5, 0.6) is 0 Å². The minimum atomic E-state index is -1.05. The van der Waals surface area contributed by atoms with Crippen molar-refractivity contribution in [1.29, 1.82) is 0 Å². The second-order valence-electron chi connectivity index (χ2n) is 4.58. The molecule has 2 amide bonds. The van der Waals surface area contributed by atoms with Crippen LogP contribution in [0.15, 0.2) is 11.6 Å². The Bertz CT molecular complexity index is 342. The number of carboxylic acid groups (broad SMARTS) is 1. The zero-order chi connectivity index (χ0) is 14.1. The summed E-state index contributed by atoms with van der Waals surface area (Å²) in [7, 11) is 1.49. The summed E-state index contributed by atoms with van der Waals surface area (Å²) in [5, 5.41) is 14.0. The van der Waals surface area contributed by atoms with Crippen LogP contribution in [0.3, 0.4) is 0 Å². The molecule has 6 heteroatoms. The van der Waals surface area contributed by atoms with E-state index in [4.69, 9.17) is 9.84 Å². The summed E-state index contributed by atoms with van der Waals surface area (Å²) >= 11 is 0. The molecule has 1 rings (SSSR count). The number of ether oxygens (including phenoxy) is 1. The number of allylic oxidation sites excluding steroid dienone is 1. The maximum atomic E-state index is 11.5. The number of carbonyl (C=O) groups is 2. The van der Waals surface area contributed by atoms with Gasteiger partial charge in [-0.3, -0.25) is 0 Å². The van der Waals surface area contributed by atoms with Crippen molar-refractivity contribution in [2.75, 3.05) is 20.3 Å². The molecule has 0 aromatic rings. The Morgan fingerprint density at radius 1 is 1.53 bits per heavy atom. The Balaban J connectivity index is 2.21. The molecule has 0 aromatic carbocycles. The number of methoxy groups -OCH3 is 1. The quantitative estimate of drug-likeness (QED) is 0.580. The Morgan fingerprint density at radius 2 is 2.32 bits per heavy atom. The van der Waals surface area contributed by atoms with Crippen molar-refractivity contribution in [3.8, 4) is 0 Å². The second-order valence-corrected chi connectivity index (χ2v) is 4.58. The Hall–Kier alpha value is -1.56. The average molecular weight is 270 g/mol. The number of urea groups is 1. The lowest BCUT2D eigenvalue weighted by atomic mass is 10.2. The van der Waals surface area contributed by atoms with E-state index in [0.717, 1.165) is 19.3 Å². The number of nitrogens with one attached hydrogen (secondary N) is 2. The summed E-state index contributed by atoms with van der Waals surface area (Å²) in [6.07, 6.45) is 6.72. The van der Waals surface area contributed by atoms with E-state index in [1.165, 1.54) is 19.1 Å². The van der Waals surface area contributed by atoms with E-state index in [-0.39, 0.29) is 6.42 Å². The first-order chi connectivity index (χ1) is 9.13. The summed E-state index contributed by atoms with van der Waals surface area (Å²) in [5.41, 5.74) is 1.37. The van der Waals surface area contributed by atoms with Crippen LogP contribution in [0.4, 0.5) is 4.79 Å². The van der Waals surface area contributed by atoms with Crippen LogP contribution < -0.4 is 10.6 Å². The molecule has 0 aliphatic heterocycles. The van der Waals surface area contributed by atoms with Crippen molar-refractivity contribution < 1.29 is 19.4 Å². The molecule has 1 unspecified atom stereocenters. The minimum Gasteiger partial charge on any atom is -0.480 e. The van der Waals surface area contributed by atoms with Crippen molar-refractivity contribution in [3.63, 3.8) is 0 Å². The molecule has 3 N–H and O–H groups in total. The molecule has 0 bridgehead atoms. The van der Waals surface area contributed by atoms with Gasteiger partial charge in [0, 0.05) is 26.7 Å². The lowest BCUT2D eigenvalue weighted by molar-refractivity contribution is -0.139. The van der Waals surface area contributed by atoms with Crippen molar-refractivity contribution in [2.24, 2.45) is 0 Å². The molecule has 1 aliphatic rings. The fourth-order valence-electron chi connectivity index (χ4n) is 2.00. The highest BCUT2D eigenvalue weighted by atomic mass is 16.5. The van der Waals surface area contributed by atoms with Crippen LogP contribution in [0.1, 0.15) is 32.1 Å². The maximum Gasteiger partial charge on any atom is 0.326 e. The Labute approximate surface area is 113 Å². The zero-order valence-electron chi connectivity index (χ0n) is 11.3. The summed E-state index contributed by atoms with van der Waals surface area (Å²) < 4.78 is 4.81. The maximum absolute atomic E-state index is 11.5. The molecular weight excluding hydrogens is 248 g/mol. The molecule has 0 aromatic heterocycles. The van der Waals surface area contributed by atoms with Gasteiger partial charge in [-0.1, -0.05) is 11.6 Å². The fourth-order valence-corrected chi connectivity index (χ4v) is 2.00. The molecule has 0 saturated carbocycles. The van der Waals surface area contributed by atoms with Crippen molar-refractivity contribution in [3.05, 3.63) is 11.6 Å². The molecule has 19 heavy (non-hydrogen) atoms. The summed E-state index contributed by atoms with van der Waals surface area (Å²) in [6, 6.07) is -1.35. The predicted octanol–water partition coefficient (Wildman–Crippen LogP) is 1.28. The molecular formula is C13H22N2O4. The van der Waals surface area contributed by atoms with Gasteiger partial charge in [0.15, 0.2) is 0 Å². The topological polar surface area (TPSA) is 87.7 Å². The van der Waals surface area contributed by atoms with Crippen molar-refractivity contribution >= 4 is 12.0 Å². The van der Waals surface area contributed by atoms with Crippen LogP contribution in [0.25, 0.3) is 0 Å². The first kappa shape index (κ1) is 15.5. The van der Waals surface area contributed by atoms with Crippen LogP contribution in [0, 0.1) is 0 Å². The molecule has 0 radical (unpaired) electrons. The number of rotatable bonds is 8. The van der Waals surface area contributed by atoms with Gasteiger partial charge < -0.3 is 20.5 Å². The van der Waals surface area contributed by atoms with Crippen LogP contribution in [-0.2, 0) is 9.53 Å². The van der Waals surface area contributed by atoms with E-state index in [0.29, 0.717) is 13.2 Å². The van der Waals surface area contributed by atoms with E-state index in [1.54, 1.807) is 0 Å². The summed E-state index contributed by atoms with van der Waals surface area (Å²) in [4.78, 5) is 22.5. The number of amides is 2. The van der Waals surface area contributed by atoms with Gasteiger partial charge in [0.05, 0.1) is 0 Å². The van der Waals surface area contributed by atoms with Gasteiger partial charge in [-0.15, -0.1) is 0 Å². The average Bonchev–Trinajstić information content (AvgIpc) is 2.87. The highest BCUT2D eigenvalue weighted by Gasteiger charge is 2.19. The zero-order valence-corrected chi connectivity index (χ0v) is 11.3. The number of hydrogen-bond acceptors (Lipinski definition) is 3. The van der Waals surface area contributed by atoms with Gasteiger partial charge in [-0.25, -0.2) is 9.59 Å². The first-order valence-corrected chi connectivity index (χ1v) is 6.57. The molecule has 108 valence electrons. The molecule has 6 nitrogen and oxygen atoms in total. The Morgan fingerprint density at radius 3 is 2.89 bits per heavy atom. The number of hydrogen-bond donors (Lipinski definition) is 3. The molecule has 1 aliphatic carbocycles. The lowest BCUT2D eigenvalue weighted by Gasteiger charge is -2.14. The van der Waals surface area contributed by atoms with E-state index in [9.17, 15) is 9.59 Å². The van der Waals surface area contributed by atoms with Crippen molar-refractivity contribution in [2.45, 2.75) is 38.1 Å². The van der Waals surface area contributed by atoms with Gasteiger partial charge in [0.25, 0.3) is 0 Å². The van der Waals surface area contributed by atoms with Crippen molar-refractivity contribution in [1.82, 2.24) is 10.6 Å². The Kier molecular flexibility index (Phi) is 6.95. The second kappa shape index (κ2) is 8.53. The molecule has 0 saturated heterocycles. The first-order valence-electron chi connectivity index (χ1n) is 6.57. The van der Waals surface area contributed by atoms with Crippen LogP contribution >= 0.6 is 0 Å². The summed E-state index contributed by atoms with van der Waals surface area (Å²) in [5.74, 6) is -1.05. The fraction of sp³-hybridized carbons (Fsp3) is 0.692. The third-order valence-corrected chi connectivity index (χ3v) is 3.08. The van der Waals surface area contributed by atoms with E-state index in [2.05, 4.69) is 16.7 Å². The number of carboxylic acids is 1. The van der Waals surface area contributed by atoms with E-state index in [1.807, 2.05) is 0 Å². The summed E-state index contributed by atoms with van der Waals surface area (Å²) in [6.45, 7) is 0.832. The number of carbonyl (C=O) groups excluding carboxylic acids is 1. The third kappa shape index (κ3) is 6.24.